The van der Waals surface area contributed by atoms with Gasteiger partial charge in [0.2, 0.25) is 0 Å². The van der Waals surface area contributed by atoms with Gasteiger partial charge in [-0.25, -0.2) is 14.3 Å². The fourth-order valence-electron chi connectivity index (χ4n) is 0.884. The molecule has 60 valence electrons. The van der Waals surface area contributed by atoms with E-state index < -0.39 is 0 Å². The Hall–Kier alpha value is -1.49. The fourth-order valence-corrected chi connectivity index (χ4v) is 1.50. The third-order valence-electron chi connectivity index (χ3n) is 1.41. The summed E-state index contributed by atoms with van der Waals surface area (Å²) in [6.07, 6.45) is 4.79. The van der Waals surface area contributed by atoms with Crippen LogP contribution in [-0.2, 0) is 0 Å². The number of hydrogen-bond acceptors (Lipinski definition) is 5. The molecule has 2 N–H and O–H groups in total. The molecule has 0 aliphatic heterocycles. The summed E-state index contributed by atoms with van der Waals surface area (Å²) >= 11 is 1.37. The van der Waals surface area contributed by atoms with E-state index in [1.165, 1.54) is 17.9 Å². The Morgan fingerprint density at radius 1 is 1.42 bits per heavy atom. The molecule has 2 aromatic rings. The number of nitrogens with two attached hydrogens (primary N) is 1. The summed E-state index contributed by atoms with van der Waals surface area (Å²) in [7, 11) is 0. The molecule has 0 aromatic carbocycles. The predicted molar refractivity (Wildman–Crippen MR) is 47.6 cm³/mol. The summed E-state index contributed by atoms with van der Waals surface area (Å²) in [5.41, 5.74) is 7.01. The molecule has 2 rings (SSSR count). The molecule has 0 aliphatic carbocycles. The van der Waals surface area contributed by atoms with Crippen LogP contribution in [0.25, 0.3) is 10.6 Å². The molecule has 0 aliphatic rings. The topological polar surface area (TPSA) is 64.7 Å². The number of nitrogen functional groups attached to an aromatic ring is 1. The Balaban J connectivity index is 2.55. The van der Waals surface area contributed by atoms with E-state index in [0.717, 1.165) is 10.6 Å². The maximum Gasteiger partial charge on any atom is 0.116 e. The van der Waals surface area contributed by atoms with Gasteiger partial charge in [-0.2, -0.15) is 0 Å². The second-order valence-electron chi connectivity index (χ2n) is 2.20. The van der Waals surface area contributed by atoms with Crippen LogP contribution in [0.15, 0.2) is 24.8 Å². The van der Waals surface area contributed by atoms with Gasteiger partial charge in [-0.15, -0.1) is 0 Å². The molecule has 2 aromatic heterocycles. The highest BCUT2D eigenvalue weighted by atomic mass is 32.1. The van der Waals surface area contributed by atoms with Crippen molar-refractivity contribution in [3.8, 4) is 10.6 Å². The van der Waals surface area contributed by atoms with Crippen molar-refractivity contribution in [3.05, 3.63) is 24.8 Å². The summed E-state index contributed by atoms with van der Waals surface area (Å²) in [6.45, 7) is 0. The molecule has 12 heavy (non-hydrogen) atoms. The van der Waals surface area contributed by atoms with Crippen molar-refractivity contribution in [3.63, 3.8) is 0 Å². The van der Waals surface area contributed by atoms with Gasteiger partial charge in [-0.3, -0.25) is 0 Å². The van der Waals surface area contributed by atoms with Crippen LogP contribution in [0, 0.1) is 0 Å². The van der Waals surface area contributed by atoms with Gasteiger partial charge in [0.1, 0.15) is 12.0 Å². The SMILES string of the molecule is Nc1cncnc1-c1ccns1. The molecule has 0 saturated heterocycles. The van der Waals surface area contributed by atoms with Crippen molar-refractivity contribution in [2.45, 2.75) is 0 Å². The van der Waals surface area contributed by atoms with Crippen molar-refractivity contribution in [2.24, 2.45) is 0 Å². The van der Waals surface area contributed by atoms with Crippen LogP contribution < -0.4 is 5.73 Å². The number of hydrogen-bond donors (Lipinski definition) is 1. The molecule has 0 amide bonds. The van der Waals surface area contributed by atoms with Crippen LogP contribution in [0.3, 0.4) is 0 Å². The summed E-state index contributed by atoms with van der Waals surface area (Å²) < 4.78 is 3.97. The van der Waals surface area contributed by atoms with Gasteiger partial charge < -0.3 is 5.73 Å². The third kappa shape index (κ3) is 1.14. The van der Waals surface area contributed by atoms with Crippen molar-refractivity contribution in [1.29, 1.82) is 0 Å². The highest BCUT2D eigenvalue weighted by Crippen LogP contribution is 2.24. The summed E-state index contributed by atoms with van der Waals surface area (Å²) in [5.74, 6) is 0. The van der Waals surface area contributed by atoms with Gasteiger partial charge >= 0.3 is 0 Å². The van der Waals surface area contributed by atoms with Gasteiger partial charge in [0.25, 0.3) is 0 Å². The first-order valence-electron chi connectivity index (χ1n) is 3.34. The molecule has 0 spiro atoms. The molecule has 5 heteroatoms. The lowest BCUT2D eigenvalue weighted by Crippen LogP contribution is -1.92. The number of rotatable bonds is 1. The third-order valence-corrected chi connectivity index (χ3v) is 2.17. The van der Waals surface area contributed by atoms with Gasteiger partial charge in [0, 0.05) is 6.20 Å². The van der Waals surface area contributed by atoms with Crippen LogP contribution in [0.1, 0.15) is 0 Å². The summed E-state index contributed by atoms with van der Waals surface area (Å²) in [5, 5.41) is 0. The second kappa shape index (κ2) is 2.86. The van der Waals surface area contributed by atoms with Crippen molar-refractivity contribution in [1.82, 2.24) is 14.3 Å². The zero-order valence-corrected chi connectivity index (χ0v) is 6.95. The Kier molecular flexibility index (Phi) is 1.71. The Morgan fingerprint density at radius 2 is 2.33 bits per heavy atom. The van der Waals surface area contributed by atoms with E-state index in [1.54, 1.807) is 12.4 Å². The maximum atomic E-state index is 5.67. The average Bonchev–Trinajstić information content (AvgIpc) is 2.57. The van der Waals surface area contributed by atoms with Crippen molar-refractivity contribution in [2.75, 3.05) is 5.73 Å². The second-order valence-corrected chi connectivity index (χ2v) is 3.04. The quantitative estimate of drug-likeness (QED) is 0.712. The monoisotopic (exact) mass is 178 g/mol. The maximum absolute atomic E-state index is 5.67. The predicted octanol–water partition coefficient (Wildman–Crippen LogP) is 1.18. The summed E-state index contributed by atoms with van der Waals surface area (Å²) in [4.78, 5) is 8.83. The van der Waals surface area contributed by atoms with Gasteiger partial charge in [-0.1, -0.05) is 0 Å². The van der Waals surface area contributed by atoms with Crippen LogP contribution in [0.4, 0.5) is 5.69 Å². The molecule has 0 atom stereocenters. The Labute approximate surface area is 73.3 Å². The molecular weight excluding hydrogens is 172 g/mol. The standard InChI is InChI=1S/C7H6N4S/c8-5-3-9-4-10-7(5)6-1-2-11-12-6/h1-4H,8H2. The van der Waals surface area contributed by atoms with E-state index in [-0.39, 0.29) is 0 Å². The van der Waals surface area contributed by atoms with E-state index in [0.29, 0.717) is 5.69 Å². The van der Waals surface area contributed by atoms with Gasteiger partial charge in [-0.05, 0) is 17.6 Å². The number of anilines is 1. The number of aromatic nitrogens is 3. The molecule has 0 radical (unpaired) electrons. The van der Waals surface area contributed by atoms with E-state index in [4.69, 9.17) is 5.73 Å². The highest BCUT2D eigenvalue weighted by Gasteiger charge is 2.04. The van der Waals surface area contributed by atoms with Gasteiger partial charge in [0.05, 0.1) is 16.8 Å². The zero-order chi connectivity index (χ0) is 8.39. The van der Waals surface area contributed by atoms with E-state index >= 15 is 0 Å². The average molecular weight is 178 g/mol. The zero-order valence-electron chi connectivity index (χ0n) is 6.14. The molecule has 2 heterocycles. The molecule has 0 saturated carbocycles. The van der Waals surface area contributed by atoms with Crippen LogP contribution in [0.5, 0.6) is 0 Å². The molecule has 0 bridgehead atoms. The lowest BCUT2D eigenvalue weighted by Gasteiger charge is -1.97. The lowest BCUT2D eigenvalue weighted by atomic mass is 10.3. The Morgan fingerprint density at radius 3 is 3.00 bits per heavy atom. The van der Waals surface area contributed by atoms with Crippen LogP contribution in [0.2, 0.25) is 0 Å². The van der Waals surface area contributed by atoms with Crippen LogP contribution >= 0.6 is 11.5 Å². The van der Waals surface area contributed by atoms with E-state index in [9.17, 15) is 0 Å². The minimum absolute atomic E-state index is 0.585. The molecular formula is C7H6N4S. The molecule has 0 unspecified atom stereocenters. The van der Waals surface area contributed by atoms with Crippen molar-refractivity contribution < 1.29 is 0 Å². The van der Waals surface area contributed by atoms with Gasteiger partial charge in [0.15, 0.2) is 0 Å². The lowest BCUT2D eigenvalue weighted by molar-refractivity contribution is 1.18. The smallest absolute Gasteiger partial charge is 0.116 e. The Bertz CT molecular complexity index is 371. The minimum atomic E-state index is 0.585. The highest BCUT2D eigenvalue weighted by molar-refractivity contribution is 7.09. The number of nitrogens with zero attached hydrogens (tertiary/aromatic N) is 3. The molecule has 4 nitrogen and oxygen atoms in total. The van der Waals surface area contributed by atoms with Crippen molar-refractivity contribution >= 4 is 17.2 Å². The normalized spacial score (nSPS) is 10.0. The van der Waals surface area contributed by atoms with Crippen LogP contribution in [-0.4, -0.2) is 14.3 Å². The first-order chi connectivity index (χ1) is 5.88. The first-order valence-corrected chi connectivity index (χ1v) is 4.12. The van der Waals surface area contributed by atoms with E-state index in [1.807, 2.05) is 6.07 Å². The molecule has 0 fully saturated rings. The summed E-state index contributed by atoms with van der Waals surface area (Å²) in [6, 6.07) is 1.88. The minimum Gasteiger partial charge on any atom is -0.396 e. The largest absolute Gasteiger partial charge is 0.396 e. The van der Waals surface area contributed by atoms with E-state index in [2.05, 4.69) is 14.3 Å². The fraction of sp³-hybridized carbons (Fsp3) is 0. The first kappa shape index (κ1) is 7.17.